The van der Waals surface area contributed by atoms with E-state index in [-0.39, 0.29) is 17.0 Å². The molecule has 2 aromatic rings. The van der Waals surface area contributed by atoms with Gasteiger partial charge in [0.1, 0.15) is 11.6 Å². The Bertz CT molecular complexity index is 629. The van der Waals surface area contributed by atoms with Gasteiger partial charge in [0, 0.05) is 5.69 Å². The molecule has 0 atom stereocenters. The monoisotopic (exact) mass is 243 g/mol. The molecule has 0 fully saturated rings. The topological polar surface area (TPSA) is 92.0 Å². The molecule has 1 aromatic carbocycles. The van der Waals surface area contributed by atoms with Gasteiger partial charge in [-0.05, 0) is 42.0 Å². The highest BCUT2D eigenvalue weighted by atomic mass is 16.5. The third kappa shape index (κ3) is 2.24. The summed E-state index contributed by atoms with van der Waals surface area (Å²) >= 11 is 0. The number of pyridine rings is 1. The summed E-state index contributed by atoms with van der Waals surface area (Å²) in [5.41, 5.74) is 6.63. The number of aromatic amines is 1. The van der Waals surface area contributed by atoms with Crippen LogP contribution >= 0.6 is 0 Å². The van der Waals surface area contributed by atoms with Crippen LogP contribution in [0.2, 0.25) is 0 Å². The number of ether oxygens (including phenoxy) is 1. The maximum Gasteiger partial charge on any atom is 0.259 e. The smallest absolute Gasteiger partial charge is 0.259 e. The average Bonchev–Trinajstić information content (AvgIpc) is 2.38. The summed E-state index contributed by atoms with van der Waals surface area (Å²) in [6, 6.07) is 10.6. The summed E-state index contributed by atoms with van der Waals surface area (Å²) in [5, 5.41) is 7.25. The molecule has 1 heterocycles. The van der Waals surface area contributed by atoms with Crippen LogP contribution in [0.25, 0.3) is 11.3 Å². The molecule has 5 heteroatoms. The third-order valence-electron chi connectivity index (χ3n) is 2.60. The minimum atomic E-state index is -0.365. The van der Waals surface area contributed by atoms with Gasteiger partial charge in [0.2, 0.25) is 0 Å². The molecule has 0 saturated heterocycles. The van der Waals surface area contributed by atoms with E-state index in [0.29, 0.717) is 5.69 Å². The Morgan fingerprint density at radius 2 is 1.89 bits per heavy atom. The van der Waals surface area contributed by atoms with Crippen molar-refractivity contribution in [1.29, 1.82) is 5.41 Å². The molecule has 4 N–H and O–H groups in total. The molecule has 0 aliphatic carbocycles. The van der Waals surface area contributed by atoms with Crippen LogP contribution in [0.1, 0.15) is 5.56 Å². The first-order valence-electron chi connectivity index (χ1n) is 5.34. The molecule has 0 saturated carbocycles. The fraction of sp³-hybridized carbons (Fsp3) is 0.0769. The van der Waals surface area contributed by atoms with Gasteiger partial charge in [0.25, 0.3) is 5.56 Å². The Morgan fingerprint density at radius 3 is 2.39 bits per heavy atom. The number of H-pyrrole nitrogens is 1. The van der Waals surface area contributed by atoms with E-state index >= 15 is 0 Å². The van der Waals surface area contributed by atoms with E-state index in [4.69, 9.17) is 15.9 Å². The molecule has 0 aliphatic rings. The standard InChI is InChI=1S/C13H13N3O2/c1-18-9-4-2-8(3-5-9)11-7-6-10(12(14)15)13(17)16-11/h2-7H,1H3,(H3,14,15)(H,16,17). The van der Waals surface area contributed by atoms with E-state index in [2.05, 4.69) is 4.98 Å². The number of nitrogens with two attached hydrogens (primary N) is 1. The number of benzene rings is 1. The first kappa shape index (κ1) is 11.9. The van der Waals surface area contributed by atoms with E-state index < -0.39 is 0 Å². The maximum absolute atomic E-state index is 11.7. The first-order chi connectivity index (χ1) is 8.61. The first-order valence-corrected chi connectivity index (χ1v) is 5.34. The van der Waals surface area contributed by atoms with Crippen LogP contribution in [-0.4, -0.2) is 17.9 Å². The number of rotatable bonds is 3. The third-order valence-corrected chi connectivity index (χ3v) is 2.60. The Labute approximate surface area is 104 Å². The van der Waals surface area contributed by atoms with E-state index in [0.717, 1.165) is 11.3 Å². The van der Waals surface area contributed by atoms with Crippen LogP contribution in [0.4, 0.5) is 0 Å². The maximum atomic E-state index is 11.7. The zero-order valence-corrected chi connectivity index (χ0v) is 9.86. The number of nitrogens with one attached hydrogen (secondary N) is 2. The molecular weight excluding hydrogens is 230 g/mol. The molecule has 0 spiro atoms. The molecule has 0 amide bonds. The highest BCUT2D eigenvalue weighted by Crippen LogP contribution is 2.19. The number of amidine groups is 1. The summed E-state index contributed by atoms with van der Waals surface area (Å²) in [6.07, 6.45) is 0. The summed E-state index contributed by atoms with van der Waals surface area (Å²) in [6.45, 7) is 0. The van der Waals surface area contributed by atoms with Crippen molar-refractivity contribution in [2.45, 2.75) is 0 Å². The van der Waals surface area contributed by atoms with Gasteiger partial charge in [-0.3, -0.25) is 10.2 Å². The number of hydrogen-bond acceptors (Lipinski definition) is 3. The van der Waals surface area contributed by atoms with Gasteiger partial charge in [0.15, 0.2) is 0 Å². The largest absolute Gasteiger partial charge is 0.497 e. The molecule has 0 unspecified atom stereocenters. The van der Waals surface area contributed by atoms with Crippen LogP contribution < -0.4 is 16.0 Å². The zero-order chi connectivity index (χ0) is 13.1. The zero-order valence-electron chi connectivity index (χ0n) is 9.86. The van der Waals surface area contributed by atoms with Gasteiger partial charge in [-0.25, -0.2) is 0 Å². The number of aromatic nitrogens is 1. The molecule has 92 valence electrons. The Morgan fingerprint density at radius 1 is 1.22 bits per heavy atom. The van der Waals surface area contributed by atoms with E-state index in [9.17, 15) is 4.79 Å². The molecule has 0 aliphatic heterocycles. The van der Waals surface area contributed by atoms with E-state index in [1.807, 2.05) is 24.3 Å². The van der Waals surface area contributed by atoms with Gasteiger partial charge in [-0.1, -0.05) is 0 Å². The molecule has 18 heavy (non-hydrogen) atoms. The van der Waals surface area contributed by atoms with E-state index in [1.54, 1.807) is 19.2 Å². The molecule has 1 aromatic heterocycles. The lowest BCUT2D eigenvalue weighted by Gasteiger charge is -2.04. The highest BCUT2D eigenvalue weighted by molar-refractivity contribution is 5.94. The lowest BCUT2D eigenvalue weighted by atomic mass is 10.1. The fourth-order valence-corrected chi connectivity index (χ4v) is 1.62. The van der Waals surface area contributed by atoms with Crippen LogP contribution in [0.5, 0.6) is 5.75 Å². The van der Waals surface area contributed by atoms with Crippen molar-refractivity contribution in [2.24, 2.45) is 5.73 Å². The minimum Gasteiger partial charge on any atom is -0.497 e. The second-order valence-electron chi connectivity index (χ2n) is 3.76. The van der Waals surface area contributed by atoms with Crippen molar-refractivity contribution in [1.82, 2.24) is 4.98 Å². The Kier molecular flexibility index (Phi) is 3.14. The van der Waals surface area contributed by atoms with Crippen molar-refractivity contribution in [3.8, 4) is 17.0 Å². The highest BCUT2D eigenvalue weighted by Gasteiger charge is 2.05. The molecule has 2 rings (SSSR count). The molecule has 0 radical (unpaired) electrons. The van der Waals surface area contributed by atoms with Gasteiger partial charge in [-0.15, -0.1) is 0 Å². The summed E-state index contributed by atoms with van der Waals surface area (Å²) in [4.78, 5) is 14.4. The summed E-state index contributed by atoms with van der Waals surface area (Å²) in [7, 11) is 1.60. The van der Waals surface area contributed by atoms with Gasteiger partial charge in [0.05, 0.1) is 12.7 Å². The predicted octanol–water partition coefficient (Wildman–Crippen LogP) is 1.33. The predicted molar refractivity (Wildman–Crippen MR) is 70.1 cm³/mol. The van der Waals surface area contributed by atoms with Crippen molar-refractivity contribution < 1.29 is 4.74 Å². The quantitative estimate of drug-likeness (QED) is 0.561. The average molecular weight is 243 g/mol. The molecule has 0 bridgehead atoms. The summed E-state index contributed by atoms with van der Waals surface area (Å²) < 4.78 is 5.06. The van der Waals surface area contributed by atoms with Crippen molar-refractivity contribution in [3.05, 3.63) is 52.3 Å². The second-order valence-corrected chi connectivity index (χ2v) is 3.76. The fourth-order valence-electron chi connectivity index (χ4n) is 1.62. The van der Waals surface area contributed by atoms with Crippen LogP contribution in [0.3, 0.4) is 0 Å². The van der Waals surface area contributed by atoms with Gasteiger partial charge >= 0.3 is 0 Å². The number of nitrogen functional groups attached to an aromatic ring is 1. The Balaban J connectivity index is 2.42. The molecular formula is C13H13N3O2. The summed E-state index contributed by atoms with van der Waals surface area (Å²) in [5.74, 6) is 0.513. The van der Waals surface area contributed by atoms with Gasteiger partial charge in [-0.2, -0.15) is 0 Å². The molecule has 5 nitrogen and oxygen atoms in total. The lowest BCUT2D eigenvalue weighted by Crippen LogP contribution is -2.23. The van der Waals surface area contributed by atoms with Crippen molar-refractivity contribution >= 4 is 5.84 Å². The minimum absolute atomic E-state index is 0.173. The Hall–Kier alpha value is -2.56. The van der Waals surface area contributed by atoms with Crippen LogP contribution in [0.15, 0.2) is 41.2 Å². The van der Waals surface area contributed by atoms with Crippen LogP contribution in [0, 0.1) is 5.41 Å². The van der Waals surface area contributed by atoms with Crippen molar-refractivity contribution in [2.75, 3.05) is 7.11 Å². The number of hydrogen-bond donors (Lipinski definition) is 3. The number of methoxy groups -OCH3 is 1. The van der Waals surface area contributed by atoms with Gasteiger partial charge < -0.3 is 15.5 Å². The normalized spacial score (nSPS) is 10.1. The lowest BCUT2D eigenvalue weighted by molar-refractivity contribution is 0.415. The van der Waals surface area contributed by atoms with Crippen molar-refractivity contribution in [3.63, 3.8) is 0 Å². The second kappa shape index (κ2) is 4.75. The van der Waals surface area contributed by atoms with E-state index in [1.165, 1.54) is 0 Å². The SMILES string of the molecule is COc1ccc(-c2ccc(C(=N)N)c(=O)[nH]2)cc1. The van der Waals surface area contributed by atoms with Crippen LogP contribution in [-0.2, 0) is 0 Å².